The third-order valence-corrected chi connectivity index (χ3v) is 2.10. The Labute approximate surface area is 83.2 Å². The fourth-order valence-corrected chi connectivity index (χ4v) is 1.02. The molecule has 0 N–H and O–H groups in total. The van der Waals surface area contributed by atoms with Gasteiger partial charge in [0.05, 0.1) is 0 Å². The van der Waals surface area contributed by atoms with Crippen molar-refractivity contribution in [3.8, 4) is 0 Å². The van der Waals surface area contributed by atoms with Crippen LogP contribution in [0.4, 0.5) is 4.79 Å². The van der Waals surface area contributed by atoms with Crippen LogP contribution in [0.1, 0.15) is 5.69 Å². The number of carbonyl (C=O) groups excluding carboxylic acids is 1. The van der Waals surface area contributed by atoms with Gasteiger partial charge >= 0.3 is 0 Å². The van der Waals surface area contributed by atoms with Crippen molar-refractivity contribution in [3.05, 3.63) is 30.1 Å². The molecule has 0 aliphatic rings. The van der Waals surface area contributed by atoms with E-state index in [9.17, 15) is 4.79 Å². The molecule has 3 nitrogen and oxygen atoms in total. The molecule has 0 aromatic carbocycles. The van der Waals surface area contributed by atoms with Gasteiger partial charge in [-0.25, -0.2) is 0 Å². The lowest BCUT2D eigenvalue weighted by molar-refractivity contribution is 0.234. The molecule has 0 saturated heterocycles. The van der Waals surface area contributed by atoms with E-state index >= 15 is 0 Å². The number of thiol groups is 1. The van der Waals surface area contributed by atoms with Crippen LogP contribution in [0.5, 0.6) is 0 Å². The predicted molar refractivity (Wildman–Crippen MR) is 55.0 cm³/mol. The minimum Gasteiger partial charge on any atom is -0.336 e. The highest BCUT2D eigenvalue weighted by atomic mass is 32.1. The maximum atomic E-state index is 10.7. The van der Waals surface area contributed by atoms with Crippen LogP contribution in [-0.4, -0.2) is 28.7 Å². The molecule has 1 heterocycles. The molecule has 0 bridgehead atoms. The van der Waals surface area contributed by atoms with Crippen LogP contribution in [0.2, 0.25) is 0 Å². The fourth-order valence-electron chi connectivity index (χ4n) is 0.924. The molecule has 0 aliphatic heterocycles. The minimum atomic E-state index is -0.212. The van der Waals surface area contributed by atoms with E-state index in [1.54, 1.807) is 18.1 Å². The summed E-state index contributed by atoms with van der Waals surface area (Å²) < 4.78 is 0. The zero-order valence-electron chi connectivity index (χ0n) is 7.47. The van der Waals surface area contributed by atoms with E-state index < -0.39 is 0 Å². The number of carbonyl (C=O) groups is 1. The Bertz CT molecular complexity index is 276. The van der Waals surface area contributed by atoms with E-state index in [0.29, 0.717) is 6.54 Å². The first-order valence-corrected chi connectivity index (χ1v) is 4.49. The van der Waals surface area contributed by atoms with Gasteiger partial charge in [-0.1, -0.05) is 18.7 Å². The van der Waals surface area contributed by atoms with Gasteiger partial charge in [0.25, 0.3) is 5.24 Å². The molecule has 1 aromatic rings. The van der Waals surface area contributed by atoms with Crippen molar-refractivity contribution in [3.63, 3.8) is 0 Å². The Morgan fingerprint density at radius 2 is 2.38 bits per heavy atom. The van der Waals surface area contributed by atoms with Gasteiger partial charge in [0.15, 0.2) is 0 Å². The Balaban J connectivity index is 2.39. The van der Waals surface area contributed by atoms with Gasteiger partial charge in [0.1, 0.15) is 0 Å². The Morgan fingerprint density at radius 1 is 1.62 bits per heavy atom. The summed E-state index contributed by atoms with van der Waals surface area (Å²) in [5.41, 5.74) is 0.990. The molecule has 1 aromatic heterocycles. The number of amides is 1. The molecule has 0 aliphatic carbocycles. The van der Waals surface area contributed by atoms with E-state index in [1.807, 2.05) is 18.2 Å². The second-order valence-corrected chi connectivity index (χ2v) is 3.16. The van der Waals surface area contributed by atoms with Gasteiger partial charge in [-0.05, 0) is 12.1 Å². The molecule has 0 radical (unpaired) electrons. The fraction of sp³-hybridized carbons (Fsp3) is 0.333. The maximum Gasteiger partial charge on any atom is 0.278 e. The van der Waals surface area contributed by atoms with Crippen molar-refractivity contribution in [2.24, 2.45) is 0 Å². The highest BCUT2D eigenvalue weighted by Gasteiger charge is 2.02. The van der Waals surface area contributed by atoms with Crippen molar-refractivity contribution in [2.75, 3.05) is 13.6 Å². The normalized spacial score (nSPS) is 9.69. The van der Waals surface area contributed by atoms with Crippen molar-refractivity contribution >= 4 is 17.9 Å². The first-order chi connectivity index (χ1) is 6.20. The molecule has 0 unspecified atom stereocenters. The minimum absolute atomic E-state index is 0.212. The van der Waals surface area contributed by atoms with Crippen molar-refractivity contribution in [1.82, 2.24) is 9.88 Å². The van der Waals surface area contributed by atoms with E-state index in [1.165, 1.54) is 0 Å². The lowest BCUT2D eigenvalue weighted by Crippen LogP contribution is -2.23. The average molecular weight is 196 g/mol. The third-order valence-electron chi connectivity index (χ3n) is 1.76. The SMILES string of the molecule is CN(CCc1ccccn1)C(=O)S. The monoisotopic (exact) mass is 196 g/mol. The summed E-state index contributed by atoms with van der Waals surface area (Å²) >= 11 is 3.71. The summed E-state index contributed by atoms with van der Waals surface area (Å²) in [4.78, 5) is 16.4. The quantitative estimate of drug-likeness (QED) is 0.745. The van der Waals surface area contributed by atoms with Gasteiger partial charge in [-0.2, -0.15) is 0 Å². The lowest BCUT2D eigenvalue weighted by Gasteiger charge is -2.12. The van der Waals surface area contributed by atoms with Gasteiger partial charge < -0.3 is 4.90 Å². The molecular formula is C9H12N2OS. The number of nitrogens with zero attached hydrogens (tertiary/aromatic N) is 2. The summed E-state index contributed by atoms with van der Waals surface area (Å²) in [6.45, 7) is 0.652. The van der Waals surface area contributed by atoms with Crippen LogP contribution in [0.25, 0.3) is 0 Å². The zero-order valence-corrected chi connectivity index (χ0v) is 8.37. The lowest BCUT2D eigenvalue weighted by atomic mass is 10.3. The topological polar surface area (TPSA) is 33.2 Å². The van der Waals surface area contributed by atoms with Gasteiger partial charge in [-0.15, -0.1) is 0 Å². The van der Waals surface area contributed by atoms with Gasteiger partial charge in [0, 0.05) is 31.9 Å². The highest BCUT2D eigenvalue weighted by molar-refractivity contribution is 7.96. The van der Waals surface area contributed by atoms with Crippen LogP contribution in [0.15, 0.2) is 24.4 Å². The van der Waals surface area contributed by atoms with Crippen molar-refractivity contribution in [1.29, 1.82) is 0 Å². The summed E-state index contributed by atoms with van der Waals surface area (Å²) in [6, 6.07) is 5.75. The second kappa shape index (κ2) is 4.87. The Morgan fingerprint density at radius 3 is 2.92 bits per heavy atom. The largest absolute Gasteiger partial charge is 0.336 e. The molecule has 0 atom stereocenters. The van der Waals surface area contributed by atoms with Gasteiger partial charge in [-0.3, -0.25) is 9.78 Å². The predicted octanol–water partition coefficient (Wildman–Crippen LogP) is 1.61. The number of hydrogen-bond acceptors (Lipinski definition) is 2. The maximum absolute atomic E-state index is 10.7. The first-order valence-electron chi connectivity index (χ1n) is 4.04. The average Bonchev–Trinajstić information content (AvgIpc) is 2.15. The van der Waals surface area contributed by atoms with E-state index in [2.05, 4.69) is 17.6 Å². The summed E-state index contributed by atoms with van der Waals surface area (Å²) in [7, 11) is 1.72. The van der Waals surface area contributed by atoms with Crippen LogP contribution in [-0.2, 0) is 6.42 Å². The third kappa shape index (κ3) is 3.46. The molecule has 0 saturated carbocycles. The second-order valence-electron chi connectivity index (χ2n) is 2.78. The number of rotatable bonds is 3. The molecular weight excluding hydrogens is 184 g/mol. The Hall–Kier alpha value is -1.03. The Kier molecular flexibility index (Phi) is 3.76. The molecule has 1 rings (SSSR count). The van der Waals surface area contributed by atoms with E-state index in [-0.39, 0.29) is 5.24 Å². The van der Waals surface area contributed by atoms with Gasteiger partial charge in [0.2, 0.25) is 0 Å². The first kappa shape index (κ1) is 10.1. The number of aromatic nitrogens is 1. The van der Waals surface area contributed by atoms with Crippen LogP contribution >= 0.6 is 12.6 Å². The molecule has 70 valence electrons. The van der Waals surface area contributed by atoms with Crippen LogP contribution in [0, 0.1) is 0 Å². The number of hydrogen-bond donors (Lipinski definition) is 1. The smallest absolute Gasteiger partial charge is 0.278 e. The van der Waals surface area contributed by atoms with Crippen molar-refractivity contribution < 1.29 is 4.79 Å². The summed E-state index contributed by atoms with van der Waals surface area (Å²) in [5.74, 6) is 0. The van der Waals surface area contributed by atoms with E-state index in [0.717, 1.165) is 12.1 Å². The highest BCUT2D eigenvalue weighted by Crippen LogP contribution is 1.98. The molecule has 13 heavy (non-hydrogen) atoms. The summed E-state index contributed by atoms with van der Waals surface area (Å²) in [6.07, 6.45) is 2.52. The molecule has 4 heteroatoms. The van der Waals surface area contributed by atoms with Crippen LogP contribution < -0.4 is 0 Å². The molecule has 0 fully saturated rings. The van der Waals surface area contributed by atoms with Crippen molar-refractivity contribution in [2.45, 2.75) is 6.42 Å². The zero-order chi connectivity index (χ0) is 9.68. The number of pyridine rings is 1. The standard InChI is InChI=1S/C9H12N2OS/c1-11(9(12)13)7-5-8-4-2-3-6-10-8/h2-4,6H,5,7H2,1H3,(H,12,13). The number of likely N-dealkylation sites (N-methyl/N-ethyl adjacent to an activating group) is 1. The molecule has 1 amide bonds. The summed E-state index contributed by atoms with van der Waals surface area (Å²) in [5, 5.41) is -0.212. The molecule has 0 spiro atoms. The van der Waals surface area contributed by atoms with E-state index in [4.69, 9.17) is 0 Å². The van der Waals surface area contributed by atoms with Crippen LogP contribution in [0.3, 0.4) is 0 Å².